The lowest BCUT2D eigenvalue weighted by Gasteiger charge is -2.10. The maximum atomic E-state index is 8.79. The van der Waals surface area contributed by atoms with Crippen LogP contribution in [-0.4, -0.2) is 16.1 Å². The molecule has 1 unspecified atom stereocenters. The van der Waals surface area contributed by atoms with E-state index in [0.717, 1.165) is 16.5 Å². The zero-order valence-corrected chi connectivity index (χ0v) is 13.0. The minimum Gasteiger partial charge on any atom is -0.476 e. The second-order valence-electron chi connectivity index (χ2n) is 5.22. The standard InChI is InChI=1S/C17H16N6O/c1-10(9-18)24-13-5-2-11(3-6-13)12-4-7-15-14(8-12)16(23-20)22-17(19)21-15/h2-8,10H,20H2,1H3,(H3,19,21,22,23). The first-order chi connectivity index (χ1) is 11.6. The molecule has 1 atom stereocenters. The van der Waals surface area contributed by atoms with Crippen molar-refractivity contribution in [3.05, 3.63) is 42.5 Å². The first-order valence-corrected chi connectivity index (χ1v) is 7.31. The number of nitrogens with one attached hydrogen (secondary N) is 1. The normalized spacial score (nSPS) is 11.7. The molecule has 7 nitrogen and oxygen atoms in total. The van der Waals surface area contributed by atoms with Gasteiger partial charge in [0.2, 0.25) is 5.95 Å². The summed E-state index contributed by atoms with van der Waals surface area (Å²) in [5.74, 6) is 6.80. The second-order valence-corrected chi connectivity index (χ2v) is 5.22. The van der Waals surface area contributed by atoms with Gasteiger partial charge in [0.25, 0.3) is 0 Å². The van der Waals surface area contributed by atoms with Crippen LogP contribution in [0.5, 0.6) is 5.75 Å². The summed E-state index contributed by atoms with van der Waals surface area (Å²) in [6.07, 6.45) is -0.489. The molecule has 120 valence electrons. The SMILES string of the molecule is CC(C#N)Oc1ccc(-c2ccc3nc(N)nc(NN)c3c2)cc1. The third kappa shape index (κ3) is 3.04. The van der Waals surface area contributed by atoms with E-state index >= 15 is 0 Å². The highest BCUT2D eigenvalue weighted by atomic mass is 16.5. The van der Waals surface area contributed by atoms with Crippen LogP contribution in [0.3, 0.4) is 0 Å². The fourth-order valence-corrected chi connectivity index (χ4v) is 2.39. The van der Waals surface area contributed by atoms with Crippen molar-refractivity contribution < 1.29 is 4.74 Å². The molecule has 5 N–H and O–H groups in total. The number of nitriles is 1. The van der Waals surface area contributed by atoms with Crippen LogP contribution in [0.15, 0.2) is 42.5 Å². The van der Waals surface area contributed by atoms with Crippen molar-refractivity contribution in [2.24, 2.45) is 5.84 Å². The highest BCUT2D eigenvalue weighted by molar-refractivity contribution is 5.93. The lowest BCUT2D eigenvalue weighted by Crippen LogP contribution is -2.11. The van der Waals surface area contributed by atoms with Gasteiger partial charge in [-0.05, 0) is 42.3 Å². The van der Waals surface area contributed by atoms with Crippen LogP contribution in [0.2, 0.25) is 0 Å². The van der Waals surface area contributed by atoms with Crippen LogP contribution in [0, 0.1) is 11.3 Å². The number of fused-ring (bicyclic) bond motifs is 1. The topological polar surface area (TPSA) is 123 Å². The van der Waals surface area contributed by atoms with Gasteiger partial charge in [-0.1, -0.05) is 18.2 Å². The fraction of sp³-hybridized carbons (Fsp3) is 0.118. The summed E-state index contributed by atoms with van der Waals surface area (Å²) in [5, 5.41) is 9.57. The van der Waals surface area contributed by atoms with Gasteiger partial charge in [0.1, 0.15) is 11.8 Å². The Bertz CT molecular complexity index is 917. The maximum Gasteiger partial charge on any atom is 0.222 e. The molecule has 0 bridgehead atoms. The summed E-state index contributed by atoms with van der Waals surface area (Å²) in [7, 11) is 0. The molecular formula is C17H16N6O. The first-order valence-electron chi connectivity index (χ1n) is 7.31. The number of ether oxygens (including phenoxy) is 1. The summed E-state index contributed by atoms with van der Waals surface area (Å²) in [5.41, 5.74) is 10.9. The molecular weight excluding hydrogens is 304 g/mol. The second kappa shape index (κ2) is 6.40. The van der Waals surface area contributed by atoms with E-state index < -0.39 is 6.10 Å². The molecule has 0 aliphatic carbocycles. The Morgan fingerprint density at radius 1 is 1.12 bits per heavy atom. The van der Waals surface area contributed by atoms with Crippen LogP contribution in [-0.2, 0) is 0 Å². The van der Waals surface area contributed by atoms with Crippen molar-refractivity contribution >= 4 is 22.7 Å². The highest BCUT2D eigenvalue weighted by Crippen LogP contribution is 2.28. The van der Waals surface area contributed by atoms with Gasteiger partial charge in [0.15, 0.2) is 11.9 Å². The minimum absolute atomic E-state index is 0.163. The predicted octanol–water partition coefficient (Wildman–Crippen LogP) is 2.46. The molecule has 0 aliphatic rings. The third-order valence-corrected chi connectivity index (χ3v) is 3.53. The van der Waals surface area contributed by atoms with Crippen LogP contribution in [0.4, 0.5) is 11.8 Å². The van der Waals surface area contributed by atoms with E-state index in [4.69, 9.17) is 21.6 Å². The summed E-state index contributed by atoms with van der Waals surface area (Å²) < 4.78 is 5.45. The number of nitrogens with two attached hydrogens (primary N) is 2. The Kier molecular flexibility index (Phi) is 4.14. The molecule has 3 rings (SSSR count). The smallest absolute Gasteiger partial charge is 0.222 e. The van der Waals surface area contributed by atoms with Gasteiger partial charge in [-0.2, -0.15) is 10.2 Å². The Morgan fingerprint density at radius 2 is 1.83 bits per heavy atom. The van der Waals surface area contributed by atoms with Crippen LogP contribution < -0.4 is 21.7 Å². The fourth-order valence-electron chi connectivity index (χ4n) is 2.39. The van der Waals surface area contributed by atoms with E-state index in [9.17, 15) is 0 Å². The van der Waals surface area contributed by atoms with Crippen molar-refractivity contribution in [1.29, 1.82) is 5.26 Å². The molecule has 0 saturated heterocycles. The molecule has 0 spiro atoms. The van der Waals surface area contributed by atoms with Gasteiger partial charge in [-0.15, -0.1) is 0 Å². The lowest BCUT2D eigenvalue weighted by atomic mass is 10.0. The van der Waals surface area contributed by atoms with Gasteiger partial charge >= 0.3 is 0 Å². The van der Waals surface area contributed by atoms with Crippen molar-refractivity contribution in [2.45, 2.75) is 13.0 Å². The molecule has 2 aromatic carbocycles. The number of benzene rings is 2. The average Bonchev–Trinajstić information content (AvgIpc) is 2.61. The molecule has 0 amide bonds. The van der Waals surface area contributed by atoms with Crippen LogP contribution >= 0.6 is 0 Å². The molecule has 3 aromatic rings. The molecule has 0 fully saturated rings. The van der Waals surface area contributed by atoms with E-state index in [1.807, 2.05) is 48.5 Å². The van der Waals surface area contributed by atoms with E-state index in [2.05, 4.69) is 15.4 Å². The largest absolute Gasteiger partial charge is 0.476 e. The van der Waals surface area contributed by atoms with Crippen LogP contribution in [0.25, 0.3) is 22.0 Å². The Labute approximate surface area is 138 Å². The molecule has 24 heavy (non-hydrogen) atoms. The van der Waals surface area contributed by atoms with Crippen molar-refractivity contribution in [3.8, 4) is 22.9 Å². The summed E-state index contributed by atoms with van der Waals surface area (Å²) in [6.45, 7) is 1.70. The Hall–Kier alpha value is -3.37. The van der Waals surface area contributed by atoms with E-state index in [-0.39, 0.29) is 5.95 Å². The lowest BCUT2D eigenvalue weighted by molar-refractivity contribution is 0.276. The number of anilines is 2. The highest BCUT2D eigenvalue weighted by Gasteiger charge is 2.08. The number of hydrogen-bond acceptors (Lipinski definition) is 7. The van der Waals surface area contributed by atoms with E-state index in [1.54, 1.807) is 6.92 Å². The monoisotopic (exact) mass is 320 g/mol. The molecule has 0 saturated carbocycles. The summed E-state index contributed by atoms with van der Waals surface area (Å²) in [6, 6.07) is 15.3. The van der Waals surface area contributed by atoms with Crippen molar-refractivity contribution in [3.63, 3.8) is 0 Å². The van der Waals surface area contributed by atoms with Gasteiger partial charge in [0.05, 0.1) is 5.52 Å². The number of nitrogens with zero attached hydrogens (tertiary/aromatic N) is 3. The van der Waals surface area contributed by atoms with Crippen molar-refractivity contribution in [1.82, 2.24) is 9.97 Å². The molecule has 7 heteroatoms. The molecule has 0 radical (unpaired) electrons. The summed E-state index contributed by atoms with van der Waals surface area (Å²) in [4.78, 5) is 8.29. The van der Waals surface area contributed by atoms with Gasteiger partial charge in [-0.25, -0.2) is 10.8 Å². The minimum atomic E-state index is -0.489. The zero-order chi connectivity index (χ0) is 17.1. The predicted molar refractivity (Wildman–Crippen MR) is 92.9 cm³/mol. The summed E-state index contributed by atoms with van der Waals surface area (Å²) >= 11 is 0. The van der Waals surface area contributed by atoms with E-state index in [0.29, 0.717) is 17.1 Å². The van der Waals surface area contributed by atoms with Crippen LogP contribution in [0.1, 0.15) is 6.92 Å². The number of hydrazine groups is 1. The third-order valence-electron chi connectivity index (χ3n) is 3.53. The molecule has 1 aromatic heterocycles. The molecule has 1 heterocycles. The average molecular weight is 320 g/mol. The van der Waals surface area contributed by atoms with Gasteiger partial charge < -0.3 is 15.9 Å². The Balaban J connectivity index is 1.97. The number of aromatic nitrogens is 2. The van der Waals surface area contributed by atoms with E-state index in [1.165, 1.54) is 0 Å². The molecule has 0 aliphatic heterocycles. The number of hydrogen-bond donors (Lipinski definition) is 3. The van der Waals surface area contributed by atoms with Crippen molar-refractivity contribution in [2.75, 3.05) is 11.2 Å². The Morgan fingerprint density at radius 3 is 2.50 bits per heavy atom. The van der Waals surface area contributed by atoms with Gasteiger partial charge in [-0.3, -0.25) is 0 Å². The number of nitrogen functional groups attached to an aromatic ring is 2. The number of rotatable bonds is 4. The maximum absolute atomic E-state index is 8.79. The first kappa shape index (κ1) is 15.5. The van der Waals surface area contributed by atoms with Gasteiger partial charge in [0, 0.05) is 5.39 Å². The quantitative estimate of drug-likeness (QED) is 0.498. The zero-order valence-electron chi connectivity index (χ0n) is 13.0.